The van der Waals surface area contributed by atoms with Gasteiger partial charge < -0.3 is 10.2 Å². The van der Waals surface area contributed by atoms with Crippen molar-refractivity contribution in [3.8, 4) is 0 Å². The maximum absolute atomic E-state index is 12.4. The summed E-state index contributed by atoms with van der Waals surface area (Å²) in [4.78, 5) is 16.8. The molecule has 2 aliphatic heterocycles. The van der Waals surface area contributed by atoms with Crippen molar-refractivity contribution in [2.24, 2.45) is 11.8 Å². The Morgan fingerprint density at radius 2 is 1.90 bits per heavy atom. The molecule has 2 aliphatic rings. The van der Waals surface area contributed by atoms with Crippen LogP contribution in [0.3, 0.4) is 0 Å². The fraction of sp³-hybridized carbons (Fsp3) is 0.933. The van der Waals surface area contributed by atoms with Crippen LogP contribution in [0.1, 0.15) is 33.6 Å². The summed E-state index contributed by atoms with van der Waals surface area (Å²) in [6, 6.07) is 0.0717. The molecule has 1 N–H and O–H groups in total. The summed E-state index contributed by atoms with van der Waals surface area (Å²) < 4.78 is 0. The molecule has 2 rings (SSSR count). The SMILES string of the molecule is CC(C)CN1CCN(CC2CCNCC2)C(C)C1=O.Cl. The summed E-state index contributed by atoms with van der Waals surface area (Å²) >= 11 is 0. The molecule has 1 atom stereocenters. The van der Waals surface area contributed by atoms with Crippen LogP contribution in [0.2, 0.25) is 0 Å². The number of hydrogen-bond donors (Lipinski definition) is 1. The van der Waals surface area contributed by atoms with E-state index in [1.165, 1.54) is 12.8 Å². The predicted octanol–water partition coefficient (Wildman–Crippen LogP) is 1.60. The van der Waals surface area contributed by atoms with Crippen LogP contribution in [0.15, 0.2) is 0 Å². The van der Waals surface area contributed by atoms with E-state index in [4.69, 9.17) is 0 Å². The van der Waals surface area contributed by atoms with Crippen molar-refractivity contribution in [1.82, 2.24) is 15.1 Å². The molecule has 1 amide bonds. The zero-order valence-corrected chi connectivity index (χ0v) is 13.9. The van der Waals surface area contributed by atoms with Gasteiger partial charge in [-0.1, -0.05) is 13.8 Å². The quantitative estimate of drug-likeness (QED) is 0.857. The molecule has 20 heavy (non-hydrogen) atoms. The Kier molecular flexibility index (Phi) is 7.27. The number of piperazine rings is 1. The highest BCUT2D eigenvalue weighted by atomic mass is 35.5. The lowest BCUT2D eigenvalue weighted by atomic mass is 9.96. The summed E-state index contributed by atoms with van der Waals surface area (Å²) in [5.41, 5.74) is 0. The van der Waals surface area contributed by atoms with E-state index in [-0.39, 0.29) is 18.4 Å². The number of piperidine rings is 1. The van der Waals surface area contributed by atoms with E-state index in [1.807, 2.05) is 4.90 Å². The van der Waals surface area contributed by atoms with Crippen LogP contribution in [0.4, 0.5) is 0 Å². The molecule has 5 heteroatoms. The number of hydrogen-bond acceptors (Lipinski definition) is 3. The fourth-order valence-corrected chi connectivity index (χ4v) is 3.24. The second-order valence-electron chi connectivity index (χ2n) is 6.54. The van der Waals surface area contributed by atoms with Crippen LogP contribution in [-0.4, -0.2) is 61.0 Å². The van der Waals surface area contributed by atoms with Gasteiger partial charge in [0.2, 0.25) is 5.91 Å². The normalized spacial score (nSPS) is 25.9. The van der Waals surface area contributed by atoms with Gasteiger partial charge in [-0.15, -0.1) is 12.4 Å². The lowest BCUT2D eigenvalue weighted by molar-refractivity contribution is -0.142. The van der Waals surface area contributed by atoms with E-state index >= 15 is 0 Å². The van der Waals surface area contributed by atoms with Crippen molar-refractivity contribution in [3.05, 3.63) is 0 Å². The standard InChI is InChI=1S/C15H29N3O.ClH/c1-12(2)10-18-9-8-17(13(3)15(18)19)11-14-4-6-16-7-5-14;/h12-14,16H,4-11H2,1-3H3;1H. The van der Waals surface area contributed by atoms with Gasteiger partial charge in [0.25, 0.3) is 0 Å². The molecule has 2 saturated heterocycles. The number of amides is 1. The van der Waals surface area contributed by atoms with E-state index in [2.05, 4.69) is 31.0 Å². The zero-order chi connectivity index (χ0) is 13.8. The Morgan fingerprint density at radius 3 is 2.50 bits per heavy atom. The molecule has 4 nitrogen and oxygen atoms in total. The molecule has 0 radical (unpaired) electrons. The van der Waals surface area contributed by atoms with E-state index in [0.717, 1.165) is 45.2 Å². The van der Waals surface area contributed by atoms with Crippen molar-refractivity contribution < 1.29 is 4.79 Å². The highest BCUT2D eigenvalue weighted by Crippen LogP contribution is 2.19. The third-order valence-corrected chi connectivity index (χ3v) is 4.41. The van der Waals surface area contributed by atoms with Gasteiger partial charge in [-0.3, -0.25) is 9.69 Å². The molecule has 0 spiro atoms. The number of rotatable bonds is 4. The molecule has 0 bridgehead atoms. The van der Waals surface area contributed by atoms with Gasteiger partial charge in [0.15, 0.2) is 0 Å². The molecular weight excluding hydrogens is 274 g/mol. The molecule has 1 unspecified atom stereocenters. The third kappa shape index (κ3) is 4.61. The summed E-state index contributed by atoms with van der Waals surface area (Å²) in [5, 5.41) is 3.41. The molecule has 0 saturated carbocycles. The average molecular weight is 304 g/mol. The third-order valence-electron chi connectivity index (χ3n) is 4.41. The molecule has 118 valence electrons. The van der Waals surface area contributed by atoms with Gasteiger partial charge in [-0.2, -0.15) is 0 Å². The maximum Gasteiger partial charge on any atom is 0.239 e. The van der Waals surface area contributed by atoms with Crippen LogP contribution in [0, 0.1) is 11.8 Å². The minimum absolute atomic E-state index is 0. The Balaban J connectivity index is 0.00000200. The first-order valence-corrected chi connectivity index (χ1v) is 7.81. The molecule has 0 aromatic heterocycles. The number of nitrogens with zero attached hydrogens (tertiary/aromatic N) is 2. The first kappa shape index (κ1) is 17.7. The predicted molar refractivity (Wildman–Crippen MR) is 85.3 cm³/mol. The topological polar surface area (TPSA) is 35.6 Å². The number of carbonyl (C=O) groups excluding carboxylic acids is 1. The van der Waals surface area contributed by atoms with Crippen LogP contribution >= 0.6 is 12.4 Å². The maximum atomic E-state index is 12.4. The number of carbonyl (C=O) groups is 1. The van der Waals surface area contributed by atoms with E-state index in [9.17, 15) is 4.79 Å². The summed E-state index contributed by atoms with van der Waals surface area (Å²) in [7, 11) is 0. The van der Waals surface area contributed by atoms with Gasteiger partial charge in [0.1, 0.15) is 0 Å². The summed E-state index contributed by atoms with van der Waals surface area (Å²) in [6.07, 6.45) is 2.51. The lowest BCUT2D eigenvalue weighted by Gasteiger charge is -2.41. The van der Waals surface area contributed by atoms with Gasteiger partial charge in [-0.05, 0) is 44.7 Å². The summed E-state index contributed by atoms with van der Waals surface area (Å²) in [5.74, 6) is 1.66. The monoisotopic (exact) mass is 303 g/mol. The minimum atomic E-state index is 0. The Morgan fingerprint density at radius 1 is 1.25 bits per heavy atom. The first-order valence-electron chi connectivity index (χ1n) is 7.81. The van der Waals surface area contributed by atoms with Crippen molar-refractivity contribution in [1.29, 1.82) is 0 Å². The summed E-state index contributed by atoms with van der Waals surface area (Å²) in [6.45, 7) is 12.7. The van der Waals surface area contributed by atoms with Crippen LogP contribution in [0.5, 0.6) is 0 Å². The van der Waals surface area contributed by atoms with Gasteiger partial charge in [-0.25, -0.2) is 0 Å². The molecule has 0 aliphatic carbocycles. The Bertz CT molecular complexity index is 305. The van der Waals surface area contributed by atoms with Crippen LogP contribution in [-0.2, 0) is 4.79 Å². The smallest absolute Gasteiger partial charge is 0.239 e. The zero-order valence-electron chi connectivity index (χ0n) is 13.1. The van der Waals surface area contributed by atoms with Crippen molar-refractivity contribution in [2.45, 2.75) is 39.7 Å². The van der Waals surface area contributed by atoms with Gasteiger partial charge in [0.05, 0.1) is 6.04 Å². The van der Waals surface area contributed by atoms with E-state index in [0.29, 0.717) is 11.8 Å². The minimum Gasteiger partial charge on any atom is -0.340 e. The first-order chi connectivity index (χ1) is 9.08. The van der Waals surface area contributed by atoms with Gasteiger partial charge >= 0.3 is 0 Å². The van der Waals surface area contributed by atoms with Crippen molar-refractivity contribution in [2.75, 3.05) is 39.3 Å². The van der Waals surface area contributed by atoms with E-state index < -0.39 is 0 Å². The van der Waals surface area contributed by atoms with Crippen LogP contribution < -0.4 is 5.32 Å². The Hall–Kier alpha value is -0.320. The molecule has 0 aromatic rings. The number of nitrogens with one attached hydrogen (secondary N) is 1. The molecule has 0 aromatic carbocycles. The molecular formula is C15H30ClN3O. The second-order valence-corrected chi connectivity index (χ2v) is 6.54. The van der Waals surface area contributed by atoms with E-state index in [1.54, 1.807) is 0 Å². The highest BCUT2D eigenvalue weighted by Gasteiger charge is 2.32. The van der Waals surface area contributed by atoms with Crippen LogP contribution in [0.25, 0.3) is 0 Å². The fourth-order valence-electron chi connectivity index (χ4n) is 3.24. The average Bonchev–Trinajstić information content (AvgIpc) is 2.39. The van der Waals surface area contributed by atoms with Crippen molar-refractivity contribution in [3.63, 3.8) is 0 Å². The second kappa shape index (κ2) is 8.20. The van der Waals surface area contributed by atoms with Crippen molar-refractivity contribution >= 4 is 18.3 Å². The molecule has 2 heterocycles. The largest absolute Gasteiger partial charge is 0.340 e. The van der Waals surface area contributed by atoms with Gasteiger partial charge in [0, 0.05) is 26.2 Å². The number of halogens is 1. The Labute approximate surface area is 129 Å². The molecule has 2 fully saturated rings. The lowest BCUT2D eigenvalue weighted by Crippen LogP contribution is -2.57. The highest BCUT2D eigenvalue weighted by molar-refractivity contribution is 5.85.